The third kappa shape index (κ3) is 3.34. The second-order valence-electron chi connectivity index (χ2n) is 4.86. The molecule has 3 nitrogen and oxygen atoms in total. The molecule has 1 N–H and O–H groups in total. The Morgan fingerprint density at radius 3 is 2.62 bits per heavy atom. The fraction of sp³-hybridized carbons (Fsp3) is 0.176. The summed E-state index contributed by atoms with van der Waals surface area (Å²) in [6.07, 6.45) is 0. The second-order valence-corrected chi connectivity index (χ2v) is 5.91. The van der Waals surface area contributed by atoms with Crippen molar-refractivity contribution in [2.75, 3.05) is 12.4 Å². The van der Waals surface area contributed by atoms with E-state index in [9.17, 15) is 0 Å². The Labute approximate surface area is 128 Å². The smallest absolute Gasteiger partial charge is 0.141 e. The third-order valence-electron chi connectivity index (χ3n) is 3.25. The van der Waals surface area contributed by atoms with E-state index in [1.54, 1.807) is 11.8 Å². The van der Waals surface area contributed by atoms with E-state index < -0.39 is 0 Å². The van der Waals surface area contributed by atoms with Gasteiger partial charge in [-0.05, 0) is 29.8 Å². The fourth-order valence-electron chi connectivity index (χ4n) is 2.23. The van der Waals surface area contributed by atoms with Gasteiger partial charge in [-0.3, -0.25) is 0 Å². The lowest BCUT2D eigenvalue weighted by Gasteiger charge is -2.06. The molecule has 3 rings (SSSR count). The van der Waals surface area contributed by atoms with Crippen LogP contribution >= 0.6 is 11.8 Å². The molecule has 0 saturated carbocycles. The van der Waals surface area contributed by atoms with Crippen LogP contribution in [0, 0.1) is 6.92 Å². The summed E-state index contributed by atoms with van der Waals surface area (Å²) in [7, 11) is 1.88. The molecule has 0 aliphatic heterocycles. The highest BCUT2D eigenvalue weighted by Gasteiger charge is 2.03. The van der Waals surface area contributed by atoms with E-state index in [0.29, 0.717) is 0 Å². The Kier molecular flexibility index (Phi) is 4.06. The second kappa shape index (κ2) is 6.14. The maximum atomic E-state index is 4.49. The van der Waals surface area contributed by atoms with Gasteiger partial charge < -0.3 is 5.32 Å². The fourth-order valence-corrected chi connectivity index (χ4v) is 3.03. The highest BCUT2D eigenvalue weighted by molar-refractivity contribution is 7.98. The van der Waals surface area contributed by atoms with Crippen molar-refractivity contribution in [3.8, 4) is 0 Å². The predicted octanol–water partition coefficient (Wildman–Crippen LogP) is 4.27. The summed E-state index contributed by atoms with van der Waals surface area (Å²) in [5.41, 5.74) is 0.989. The monoisotopic (exact) mass is 295 g/mol. The van der Waals surface area contributed by atoms with Gasteiger partial charge in [0.1, 0.15) is 11.6 Å². The Balaban J connectivity index is 1.78. The number of thioether (sulfide) groups is 1. The summed E-state index contributed by atoms with van der Waals surface area (Å²) >= 11 is 1.76. The molecule has 0 radical (unpaired) electrons. The van der Waals surface area contributed by atoms with Crippen LogP contribution in [-0.2, 0) is 5.75 Å². The van der Waals surface area contributed by atoms with Crippen LogP contribution in [0.5, 0.6) is 0 Å². The van der Waals surface area contributed by atoms with Gasteiger partial charge in [0.05, 0.1) is 5.75 Å². The van der Waals surface area contributed by atoms with E-state index in [1.807, 2.05) is 20.0 Å². The molecule has 0 spiro atoms. The summed E-state index contributed by atoms with van der Waals surface area (Å²) < 4.78 is 0. The highest BCUT2D eigenvalue weighted by atomic mass is 32.2. The number of nitrogens with zero attached hydrogens (tertiary/aromatic N) is 2. The van der Waals surface area contributed by atoms with Crippen LogP contribution in [0.1, 0.15) is 11.5 Å². The molecule has 1 heterocycles. The van der Waals surface area contributed by atoms with Gasteiger partial charge in [-0.15, -0.1) is 11.8 Å². The van der Waals surface area contributed by atoms with Gasteiger partial charge in [-0.2, -0.15) is 0 Å². The van der Waals surface area contributed by atoms with E-state index in [2.05, 4.69) is 57.7 Å². The molecule has 0 atom stereocenters. The minimum absolute atomic E-state index is 0.773. The van der Waals surface area contributed by atoms with Gasteiger partial charge in [-0.25, -0.2) is 9.97 Å². The van der Waals surface area contributed by atoms with Gasteiger partial charge in [0.15, 0.2) is 0 Å². The first-order valence-corrected chi connectivity index (χ1v) is 7.87. The first kappa shape index (κ1) is 13.9. The summed E-state index contributed by atoms with van der Waals surface area (Å²) in [5, 5.41) is 5.61. The first-order chi connectivity index (χ1) is 10.2. The molecule has 4 heteroatoms. The zero-order valence-electron chi connectivity index (χ0n) is 12.1. The molecule has 0 aliphatic carbocycles. The number of nitrogens with one attached hydrogen (secondary N) is 1. The van der Waals surface area contributed by atoms with Crippen LogP contribution in [0.4, 0.5) is 5.82 Å². The zero-order chi connectivity index (χ0) is 14.7. The average molecular weight is 295 g/mol. The van der Waals surface area contributed by atoms with Crippen molar-refractivity contribution in [2.24, 2.45) is 0 Å². The molecule has 0 saturated heterocycles. The van der Waals surface area contributed by atoms with E-state index >= 15 is 0 Å². The van der Waals surface area contributed by atoms with Crippen LogP contribution in [0.2, 0.25) is 0 Å². The molecule has 1 aromatic heterocycles. The molecule has 0 bridgehead atoms. The molecule has 0 unspecified atom stereocenters. The quantitative estimate of drug-likeness (QED) is 0.729. The maximum Gasteiger partial charge on any atom is 0.141 e. The van der Waals surface area contributed by atoms with Crippen molar-refractivity contribution in [1.82, 2.24) is 9.97 Å². The number of hydrogen-bond donors (Lipinski definition) is 1. The van der Waals surface area contributed by atoms with E-state index in [4.69, 9.17) is 0 Å². The number of anilines is 1. The molecule has 2 aromatic carbocycles. The predicted molar refractivity (Wildman–Crippen MR) is 89.8 cm³/mol. The lowest BCUT2D eigenvalue weighted by Crippen LogP contribution is -2.00. The lowest BCUT2D eigenvalue weighted by molar-refractivity contribution is 0.996. The molecular formula is C17H17N3S. The maximum absolute atomic E-state index is 4.49. The molecule has 3 aromatic rings. The number of rotatable bonds is 4. The van der Waals surface area contributed by atoms with Crippen molar-refractivity contribution in [2.45, 2.75) is 17.6 Å². The molecular weight excluding hydrogens is 278 g/mol. The Morgan fingerprint density at radius 1 is 1.00 bits per heavy atom. The van der Waals surface area contributed by atoms with Gasteiger partial charge in [-0.1, -0.05) is 30.3 Å². The summed E-state index contributed by atoms with van der Waals surface area (Å²) in [6, 6.07) is 16.9. The van der Waals surface area contributed by atoms with Gasteiger partial charge in [0.25, 0.3) is 0 Å². The van der Waals surface area contributed by atoms with Crippen LogP contribution in [0.15, 0.2) is 53.4 Å². The SMILES string of the molecule is CNc1cc(C)nc(CSc2ccc3ccccc3c2)n1. The topological polar surface area (TPSA) is 37.8 Å². The van der Waals surface area contributed by atoms with Crippen LogP contribution in [0.3, 0.4) is 0 Å². The van der Waals surface area contributed by atoms with E-state index in [1.165, 1.54) is 15.7 Å². The van der Waals surface area contributed by atoms with E-state index in [-0.39, 0.29) is 0 Å². The largest absolute Gasteiger partial charge is 0.373 e. The molecule has 0 aliphatic rings. The zero-order valence-corrected chi connectivity index (χ0v) is 12.9. The average Bonchev–Trinajstić information content (AvgIpc) is 2.52. The number of benzene rings is 2. The normalized spacial score (nSPS) is 10.8. The minimum atomic E-state index is 0.773. The number of aromatic nitrogens is 2. The van der Waals surface area contributed by atoms with Gasteiger partial charge in [0.2, 0.25) is 0 Å². The summed E-state index contributed by atoms with van der Waals surface area (Å²) in [6.45, 7) is 1.99. The molecule has 21 heavy (non-hydrogen) atoms. The third-order valence-corrected chi connectivity index (χ3v) is 4.24. The molecule has 0 amide bonds. The lowest BCUT2D eigenvalue weighted by atomic mass is 10.1. The van der Waals surface area contributed by atoms with Crippen LogP contribution < -0.4 is 5.32 Å². The van der Waals surface area contributed by atoms with Crippen molar-refractivity contribution in [3.05, 3.63) is 60.0 Å². The van der Waals surface area contributed by atoms with Gasteiger partial charge >= 0.3 is 0 Å². The highest BCUT2D eigenvalue weighted by Crippen LogP contribution is 2.26. The van der Waals surface area contributed by atoms with Crippen molar-refractivity contribution >= 4 is 28.4 Å². The van der Waals surface area contributed by atoms with Crippen LogP contribution in [0.25, 0.3) is 10.8 Å². The molecule has 0 fully saturated rings. The van der Waals surface area contributed by atoms with E-state index in [0.717, 1.165) is 23.1 Å². The number of aryl methyl sites for hydroxylation is 1. The van der Waals surface area contributed by atoms with Gasteiger partial charge in [0, 0.05) is 23.7 Å². The summed E-state index contributed by atoms with van der Waals surface area (Å²) in [5.74, 6) is 2.50. The van der Waals surface area contributed by atoms with Crippen LogP contribution in [-0.4, -0.2) is 17.0 Å². The number of hydrogen-bond acceptors (Lipinski definition) is 4. The standard InChI is InChI=1S/C17H17N3S/c1-12-9-16(18-2)20-17(19-12)11-21-15-8-7-13-5-3-4-6-14(13)10-15/h3-10H,11H2,1-2H3,(H,18,19,20). The first-order valence-electron chi connectivity index (χ1n) is 6.88. The van der Waals surface area contributed by atoms with Crippen molar-refractivity contribution < 1.29 is 0 Å². The Bertz CT molecular complexity index is 771. The van der Waals surface area contributed by atoms with Crippen molar-refractivity contribution in [1.29, 1.82) is 0 Å². The Morgan fingerprint density at radius 2 is 1.81 bits per heavy atom. The molecule has 106 valence electrons. The number of fused-ring (bicyclic) bond motifs is 1. The van der Waals surface area contributed by atoms with Crippen molar-refractivity contribution in [3.63, 3.8) is 0 Å². The summed E-state index contributed by atoms with van der Waals surface area (Å²) in [4.78, 5) is 10.2. The minimum Gasteiger partial charge on any atom is -0.373 e. The Hall–Kier alpha value is -2.07.